The lowest BCUT2D eigenvalue weighted by atomic mass is 9.73. The van der Waals surface area contributed by atoms with Gasteiger partial charge in [0, 0.05) is 5.92 Å². The average molecular weight is 789 g/mol. The molecule has 4 unspecified atom stereocenters. The van der Waals surface area contributed by atoms with Gasteiger partial charge in [0.05, 0.1) is 0 Å². The molecule has 0 saturated carbocycles. The Balaban J connectivity index is 1.19. The van der Waals surface area contributed by atoms with E-state index < -0.39 is 8.07 Å². The number of fused-ring (bicyclic) bond motifs is 5. The number of benzene rings is 6. The number of rotatable bonds is 6. The quantitative estimate of drug-likeness (QED) is 0.148. The second-order valence-corrected chi connectivity index (χ2v) is 22.6. The highest BCUT2D eigenvalue weighted by Gasteiger charge is 2.38. The molecule has 0 bridgehead atoms. The Kier molecular flexibility index (Phi) is 9.20. The summed E-state index contributed by atoms with van der Waals surface area (Å²) in [5.74, 6) is 1.72. The van der Waals surface area contributed by atoms with Gasteiger partial charge in [0.1, 0.15) is 8.07 Å². The predicted octanol–water partition coefficient (Wildman–Crippen LogP) is 12.8. The van der Waals surface area contributed by atoms with E-state index in [1.807, 2.05) is 0 Å². The van der Waals surface area contributed by atoms with E-state index in [-0.39, 0.29) is 0 Å². The van der Waals surface area contributed by atoms with Gasteiger partial charge in [-0.25, -0.2) is 0 Å². The minimum Gasteiger partial charge on any atom is -0.0842 e. The summed E-state index contributed by atoms with van der Waals surface area (Å²) in [6, 6.07) is 44.5. The van der Waals surface area contributed by atoms with Gasteiger partial charge in [-0.05, 0) is 142 Å². The summed E-state index contributed by atoms with van der Waals surface area (Å²) in [5, 5.41) is 8.65. The third-order valence-corrected chi connectivity index (χ3v) is 18.0. The van der Waals surface area contributed by atoms with Crippen LogP contribution in [-0.4, -0.2) is 8.07 Å². The van der Waals surface area contributed by atoms with E-state index in [0.29, 0.717) is 23.7 Å². The largest absolute Gasteiger partial charge is 0.113 e. The molecule has 0 saturated heterocycles. The molecule has 60 heavy (non-hydrogen) atoms. The lowest BCUT2D eigenvalue weighted by molar-refractivity contribution is 0.484. The summed E-state index contributed by atoms with van der Waals surface area (Å²) in [4.78, 5) is 0. The molecule has 0 spiro atoms. The summed E-state index contributed by atoms with van der Waals surface area (Å²) in [5.41, 5.74) is 15.2. The highest BCUT2D eigenvalue weighted by atomic mass is 28.3. The summed E-state index contributed by atoms with van der Waals surface area (Å²) < 4.78 is 0. The van der Waals surface area contributed by atoms with Crippen LogP contribution in [0.2, 0.25) is 13.1 Å². The molecule has 0 N–H and O–H groups in total. The molecule has 4 atom stereocenters. The summed E-state index contributed by atoms with van der Waals surface area (Å²) in [6.45, 7) is 7.45. The zero-order valence-corrected chi connectivity index (χ0v) is 36.0. The number of allylic oxidation sites excluding steroid dienone is 12. The van der Waals surface area contributed by atoms with Gasteiger partial charge in [-0.1, -0.05) is 202 Å². The smallest absolute Gasteiger partial charge is 0.0842 e. The molecule has 0 aromatic heterocycles. The van der Waals surface area contributed by atoms with Crippen LogP contribution in [0.4, 0.5) is 0 Å². The van der Waals surface area contributed by atoms with Gasteiger partial charge in [-0.15, -0.1) is 0 Å². The molecule has 292 valence electrons. The van der Waals surface area contributed by atoms with E-state index in [2.05, 4.69) is 208 Å². The van der Waals surface area contributed by atoms with Crippen molar-refractivity contribution in [3.8, 4) is 44.5 Å². The summed E-state index contributed by atoms with van der Waals surface area (Å²) in [6.07, 6.45) is 32.9. The predicted molar refractivity (Wildman–Crippen MR) is 261 cm³/mol. The first kappa shape index (κ1) is 37.0. The summed E-state index contributed by atoms with van der Waals surface area (Å²) >= 11 is 0. The summed E-state index contributed by atoms with van der Waals surface area (Å²) in [7, 11) is -1.97. The van der Waals surface area contributed by atoms with E-state index in [9.17, 15) is 0 Å². The Morgan fingerprint density at radius 2 is 1.25 bits per heavy atom. The van der Waals surface area contributed by atoms with Crippen LogP contribution in [0.1, 0.15) is 44.1 Å². The lowest BCUT2D eigenvalue weighted by Crippen LogP contribution is -2.49. The minimum atomic E-state index is -1.97. The van der Waals surface area contributed by atoms with Crippen molar-refractivity contribution in [3.05, 3.63) is 203 Å². The zero-order chi connectivity index (χ0) is 40.4. The van der Waals surface area contributed by atoms with Crippen LogP contribution in [0.3, 0.4) is 0 Å². The molecule has 1 aliphatic heterocycles. The molecule has 0 nitrogen and oxygen atoms in total. The first-order valence-electron chi connectivity index (χ1n) is 22.2. The Labute approximate surface area is 356 Å². The second kappa shape index (κ2) is 14.9. The van der Waals surface area contributed by atoms with E-state index >= 15 is 0 Å². The van der Waals surface area contributed by atoms with Crippen molar-refractivity contribution in [3.63, 3.8) is 0 Å². The first-order valence-corrected chi connectivity index (χ1v) is 25.2. The normalized spacial score (nSPS) is 22.0. The molecule has 0 amide bonds. The van der Waals surface area contributed by atoms with Crippen LogP contribution in [-0.2, 0) is 0 Å². The molecule has 6 aromatic rings. The van der Waals surface area contributed by atoms with Gasteiger partial charge in [0.2, 0.25) is 0 Å². The molecule has 11 rings (SSSR count). The third kappa shape index (κ3) is 6.17. The van der Waals surface area contributed by atoms with E-state index in [0.717, 1.165) is 25.7 Å². The van der Waals surface area contributed by atoms with Gasteiger partial charge in [-0.2, -0.15) is 0 Å². The Hall–Kier alpha value is -6.02. The number of hydrogen-bond acceptors (Lipinski definition) is 0. The maximum absolute atomic E-state index is 2.72. The Morgan fingerprint density at radius 3 is 2.03 bits per heavy atom. The topological polar surface area (TPSA) is 0 Å². The highest BCUT2D eigenvalue weighted by molar-refractivity contribution is 7.04. The highest BCUT2D eigenvalue weighted by Crippen LogP contribution is 2.42. The molecule has 5 aliphatic rings. The zero-order valence-electron chi connectivity index (χ0n) is 35.0. The molecular formula is C59H52Si. The van der Waals surface area contributed by atoms with Crippen LogP contribution in [0, 0.1) is 17.8 Å². The van der Waals surface area contributed by atoms with Crippen LogP contribution in [0.5, 0.6) is 0 Å². The van der Waals surface area contributed by atoms with Gasteiger partial charge in [0.25, 0.3) is 0 Å². The van der Waals surface area contributed by atoms with Crippen molar-refractivity contribution in [2.45, 2.75) is 51.6 Å². The van der Waals surface area contributed by atoms with Crippen molar-refractivity contribution in [2.75, 3.05) is 0 Å². The maximum Gasteiger partial charge on any atom is 0.113 e. The lowest BCUT2D eigenvalue weighted by Gasteiger charge is -2.32. The molecular weight excluding hydrogens is 737 g/mol. The second-order valence-electron chi connectivity index (χ2n) is 18.2. The SMILES string of the molecule is CC1C=CC=CC1c1ccc(-c2c3c(c(-c4ccc(-c5ccccc5)cc4)c4cc5c(cc24)-c2ccccc2[Si]5(C)C)=CC(C2CC=CC=C2C2=CC=CCC2)CC=3)cc1. The van der Waals surface area contributed by atoms with E-state index in [1.54, 1.807) is 10.4 Å². The standard InChI is InChI=1S/C59H52Si/c1-39-16-10-11-21-47(39)43-28-32-44(33-29-43)58-51-35-34-46(49-23-13-12-22-48(49)42-19-8-5-9-20-42)36-53(51)59(45-30-26-41(27-31-45)40-17-6-4-7-18-40)55-38-57-52(37-54(55)58)50-24-14-15-25-56(50)60(57,2)3/h4-8,10-19,21-22,24-33,35-39,46-47,49H,9,20,23,34H2,1-3H3. The molecule has 4 aliphatic carbocycles. The van der Waals surface area contributed by atoms with Gasteiger partial charge in [-0.3, -0.25) is 0 Å². The van der Waals surface area contributed by atoms with Crippen LogP contribution in [0.15, 0.2) is 187 Å². The molecule has 6 aromatic carbocycles. The van der Waals surface area contributed by atoms with Gasteiger partial charge in [0.15, 0.2) is 0 Å². The van der Waals surface area contributed by atoms with Crippen LogP contribution >= 0.6 is 0 Å². The maximum atomic E-state index is 2.72. The third-order valence-electron chi connectivity index (χ3n) is 14.4. The fraction of sp³-hybridized carbons (Fsp3) is 0.186. The van der Waals surface area contributed by atoms with Crippen LogP contribution in [0.25, 0.3) is 67.4 Å². The fourth-order valence-electron chi connectivity index (χ4n) is 11.3. The van der Waals surface area contributed by atoms with Gasteiger partial charge >= 0.3 is 0 Å². The minimum absolute atomic E-state index is 0.394. The van der Waals surface area contributed by atoms with Crippen LogP contribution < -0.4 is 20.8 Å². The van der Waals surface area contributed by atoms with Crippen molar-refractivity contribution in [2.24, 2.45) is 17.8 Å². The fourth-order valence-corrected chi connectivity index (χ4v) is 14.3. The van der Waals surface area contributed by atoms with E-state index in [4.69, 9.17) is 0 Å². The van der Waals surface area contributed by atoms with Crippen molar-refractivity contribution < 1.29 is 0 Å². The Morgan fingerprint density at radius 1 is 0.567 bits per heavy atom. The average Bonchev–Trinajstić information content (AvgIpc) is 3.53. The Bertz CT molecular complexity index is 3000. The molecule has 1 heteroatoms. The van der Waals surface area contributed by atoms with Crippen molar-refractivity contribution >= 4 is 41.4 Å². The monoisotopic (exact) mass is 788 g/mol. The van der Waals surface area contributed by atoms with Gasteiger partial charge < -0.3 is 0 Å². The number of hydrogen-bond donors (Lipinski definition) is 0. The molecule has 1 heterocycles. The van der Waals surface area contributed by atoms with E-state index in [1.165, 1.54) is 82.4 Å². The van der Waals surface area contributed by atoms with Crippen molar-refractivity contribution in [1.82, 2.24) is 0 Å². The first-order chi connectivity index (χ1) is 29.4. The molecule has 0 fully saturated rings. The van der Waals surface area contributed by atoms with Crippen molar-refractivity contribution in [1.29, 1.82) is 0 Å². The molecule has 0 radical (unpaired) electrons.